The molecule has 1 saturated heterocycles. The molecule has 32 heavy (non-hydrogen) atoms. The molecule has 5 heterocycles. The van der Waals surface area contributed by atoms with Crippen LogP contribution in [0.5, 0.6) is 0 Å². The van der Waals surface area contributed by atoms with Gasteiger partial charge in [-0.25, -0.2) is 9.50 Å². The summed E-state index contributed by atoms with van der Waals surface area (Å²) in [6, 6.07) is 8.05. The maximum absolute atomic E-state index is 13.0. The van der Waals surface area contributed by atoms with Gasteiger partial charge in [0.25, 0.3) is 5.56 Å². The van der Waals surface area contributed by atoms with E-state index in [1.54, 1.807) is 15.0 Å². The Balaban J connectivity index is 1.50. The molecule has 0 bridgehead atoms. The molecule has 0 unspecified atom stereocenters. The number of hydrogen-bond donors (Lipinski definition) is 0. The van der Waals surface area contributed by atoms with Crippen LogP contribution >= 0.6 is 0 Å². The van der Waals surface area contributed by atoms with Crippen molar-refractivity contribution in [3.05, 3.63) is 58.4 Å². The van der Waals surface area contributed by atoms with Crippen molar-refractivity contribution in [2.75, 3.05) is 31.1 Å². The van der Waals surface area contributed by atoms with E-state index in [4.69, 9.17) is 4.98 Å². The molecule has 1 atom stereocenters. The molecule has 1 fully saturated rings. The third kappa shape index (κ3) is 3.54. The third-order valence-corrected chi connectivity index (χ3v) is 6.51. The summed E-state index contributed by atoms with van der Waals surface area (Å²) in [5, 5.41) is 4.63. The monoisotopic (exact) mass is 431 g/mol. The second kappa shape index (κ2) is 8.02. The molecule has 8 nitrogen and oxygen atoms in total. The van der Waals surface area contributed by atoms with Crippen molar-refractivity contribution in [1.82, 2.24) is 28.9 Å². The van der Waals surface area contributed by atoms with Gasteiger partial charge in [0.1, 0.15) is 11.3 Å². The number of aryl methyl sites for hydroxylation is 2. The lowest BCUT2D eigenvalue weighted by Crippen LogP contribution is -2.52. The van der Waals surface area contributed by atoms with Gasteiger partial charge in [-0.2, -0.15) is 5.10 Å². The van der Waals surface area contributed by atoms with Gasteiger partial charge in [-0.05, 0) is 45.0 Å². The zero-order valence-electron chi connectivity index (χ0n) is 19.1. The normalized spacial score (nSPS) is 17.5. The lowest BCUT2D eigenvalue weighted by atomic mass is 10.1. The number of hydrogen-bond acceptors (Lipinski definition) is 6. The van der Waals surface area contributed by atoms with Crippen LogP contribution in [0.1, 0.15) is 31.7 Å². The lowest BCUT2D eigenvalue weighted by Gasteiger charge is -2.41. The predicted octanol–water partition coefficient (Wildman–Crippen LogP) is 2.94. The highest BCUT2D eigenvalue weighted by molar-refractivity contribution is 5.66. The molecule has 0 radical (unpaired) electrons. The molecule has 5 rings (SSSR count). The van der Waals surface area contributed by atoms with Crippen LogP contribution in [-0.2, 0) is 0 Å². The minimum Gasteiger partial charge on any atom is -0.367 e. The maximum Gasteiger partial charge on any atom is 0.258 e. The summed E-state index contributed by atoms with van der Waals surface area (Å²) < 4.78 is 3.44. The van der Waals surface area contributed by atoms with Crippen LogP contribution in [0.4, 0.5) is 5.69 Å². The number of fused-ring (bicyclic) bond motifs is 2. The van der Waals surface area contributed by atoms with E-state index in [0.717, 1.165) is 55.2 Å². The number of likely N-dealkylation sites (N-methyl/N-ethyl adjacent to an activating group) is 1. The molecule has 0 N–H and O–H groups in total. The molecule has 1 aliphatic heterocycles. The first-order valence-electron chi connectivity index (χ1n) is 11.3. The first-order valence-corrected chi connectivity index (χ1v) is 11.3. The van der Waals surface area contributed by atoms with Crippen LogP contribution < -0.4 is 10.5 Å². The molecule has 166 valence electrons. The Morgan fingerprint density at radius 1 is 1.03 bits per heavy atom. The second-order valence-electron chi connectivity index (χ2n) is 8.56. The van der Waals surface area contributed by atoms with Crippen molar-refractivity contribution >= 4 is 16.9 Å². The molecule has 4 aromatic heterocycles. The van der Waals surface area contributed by atoms with Gasteiger partial charge in [0.05, 0.1) is 34.5 Å². The Hall–Kier alpha value is -3.26. The highest BCUT2D eigenvalue weighted by atomic mass is 16.1. The van der Waals surface area contributed by atoms with Crippen molar-refractivity contribution < 1.29 is 0 Å². The van der Waals surface area contributed by atoms with Gasteiger partial charge in [0, 0.05) is 37.9 Å². The van der Waals surface area contributed by atoms with E-state index in [9.17, 15) is 4.79 Å². The maximum atomic E-state index is 13.0. The zero-order valence-corrected chi connectivity index (χ0v) is 19.1. The largest absolute Gasteiger partial charge is 0.367 e. The summed E-state index contributed by atoms with van der Waals surface area (Å²) in [6.07, 6.45) is 4.92. The summed E-state index contributed by atoms with van der Waals surface area (Å²) in [5.74, 6) is 0. The Kier molecular flexibility index (Phi) is 5.17. The van der Waals surface area contributed by atoms with Gasteiger partial charge < -0.3 is 4.90 Å². The van der Waals surface area contributed by atoms with E-state index in [-0.39, 0.29) is 5.56 Å². The third-order valence-electron chi connectivity index (χ3n) is 6.51. The van der Waals surface area contributed by atoms with Crippen molar-refractivity contribution in [2.45, 2.75) is 40.2 Å². The Morgan fingerprint density at radius 3 is 2.66 bits per heavy atom. The number of anilines is 1. The molecule has 0 aliphatic carbocycles. The van der Waals surface area contributed by atoms with Crippen LogP contribution in [-0.4, -0.2) is 61.1 Å². The van der Waals surface area contributed by atoms with E-state index in [1.807, 2.05) is 38.4 Å². The smallest absolute Gasteiger partial charge is 0.258 e. The molecule has 4 aromatic rings. The van der Waals surface area contributed by atoms with Gasteiger partial charge >= 0.3 is 0 Å². The van der Waals surface area contributed by atoms with Gasteiger partial charge in [-0.3, -0.25) is 19.1 Å². The number of nitrogens with zero attached hydrogens (tertiary/aromatic N) is 7. The van der Waals surface area contributed by atoms with E-state index in [1.165, 1.54) is 0 Å². The average Bonchev–Trinajstić information content (AvgIpc) is 3.23. The number of rotatable bonds is 4. The standard InChI is InChI=1S/C24H29N7O/c1-5-18-14-29(10-9-28(18)6-2)19-7-8-23-26-20(12-24(32)30(23)15-19)21-11-22-17(4)25-16(3)13-31(22)27-21/h7-8,11-13,15,18H,5-6,9-10,14H2,1-4H3/t18-/m0/s1. The van der Waals surface area contributed by atoms with Crippen LogP contribution in [0.3, 0.4) is 0 Å². The molecule has 0 saturated carbocycles. The predicted molar refractivity (Wildman–Crippen MR) is 126 cm³/mol. The van der Waals surface area contributed by atoms with Crippen LogP contribution in [0, 0.1) is 13.8 Å². The van der Waals surface area contributed by atoms with Crippen LogP contribution in [0.15, 0.2) is 41.5 Å². The summed E-state index contributed by atoms with van der Waals surface area (Å²) in [5.41, 5.74) is 5.55. The quantitative estimate of drug-likeness (QED) is 0.495. The Bertz CT molecular complexity index is 1360. The topological polar surface area (TPSA) is 71.0 Å². The Morgan fingerprint density at radius 2 is 1.88 bits per heavy atom. The zero-order chi connectivity index (χ0) is 22.4. The van der Waals surface area contributed by atoms with Crippen molar-refractivity contribution in [3.8, 4) is 11.4 Å². The van der Waals surface area contributed by atoms with Crippen LogP contribution in [0.25, 0.3) is 22.6 Å². The van der Waals surface area contributed by atoms with Gasteiger partial charge in [0.2, 0.25) is 0 Å². The van der Waals surface area contributed by atoms with Gasteiger partial charge in [-0.15, -0.1) is 0 Å². The number of pyridine rings is 1. The van der Waals surface area contributed by atoms with Gasteiger partial charge in [-0.1, -0.05) is 13.8 Å². The van der Waals surface area contributed by atoms with Crippen LogP contribution in [0.2, 0.25) is 0 Å². The Labute approximate surface area is 187 Å². The van der Waals surface area contributed by atoms with E-state index in [2.05, 4.69) is 39.8 Å². The highest BCUT2D eigenvalue weighted by Gasteiger charge is 2.25. The van der Waals surface area contributed by atoms with E-state index in [0.29, 0.717) is 23.1 Å². The summed E-state index contributed by atoms with van der Waals surface area (Å²) in [7, 11) is 0. The molecule has 8 heteroatoms. The van der Waals surface area contributed by atoms with Crippen molar-refractivity contribution in [1.29, 1.82) is 0 Å². The number of aromatic nitrogens is 5. The summed E-state index contributed by atoms with van der Waals surface area (Å²) in [6.45, 7) is 12.4. The minimum absolute atomic E-state index is 0.103. The first-order chi connectivity index (χ1) is 15.5. The lowest BCUT2D eigenvalue weighted by molar-refractivity contribution is 0.181. The summed E-state index contributed by atoms with van der Waals surface area (Å²) >= 11 is 0. The van der Waals surface area contributed by atoms with Crippen molar-refractivity contribution in [3.63, 3.8) is 0 Å². The van der Waals surface area contributed by atoms with E-state index >= 15 is 0 Å². The van der Waals surface area contributed by atoms with Crippen molar-refractivity contribution in [2.24, 2.45) is 0 Å². The molecular formula is C24H29N7O. The molecule has 0 spiro atoms. The molecular weight excluding hydrogens is 402 g/mol. The highest BCUT2D eigenvalue weighted by Crippen LogP contribution is 2.23. The fraction of sp³-hybridized carbons (Fsp3) is 0.417. The van der Waals surface area contributed by atoms with Gasteiger partial charge in [0.15, 0.2) is 0 Å². The van der Waals surface area contributed by atoms with E-state index < -0.39 is 0 Å². The first kappa shape index (κ1) is 20.6. The molecule has 0 amide bonds. The average molecular weight is 432 g/mol. The second-order valence-corrected chi connectivity index (χ2v) is 8.56. The SMILES string of the molecule is CC[C@H]1CN(c2ccc3nc(-c4cc5c(C)nc(C)cn5n4)cc(=O)n3c2)CCN1CC. The number of piperazine rings is 1. The minimum atomic E-state index is -0.103. The fourth-order valence-corrected chi connectivity index (χ4v) is 4.76. The molecule has 0 aromatic carbocycles. The fourth-order valence-electron chi connectivity index (χ4n) is 4.76. The molecule has 1 aliphatic rings. The summed E-state index contributed by atoms with van der Waals surface area (Å²) in [4.78, 5) is 27.2.